The van der Waals surface area contributed by atoms with Crippen LogP contribution in [0.3, 0.4) is 0 Å². The van der Waals surface area contributed by atoms with Crippen molar-refractivity contribution in [2.75, 3.05) is 30.9 Å². The van der Waals surface area contributed by atoms with Crippen LogP contribution >= 0.6 is 11.8 Å². The predicted molar refractivity (Wildman–Crippen MR) is 143 cm³/mol. The van der Waals surface area contributed by atoms with E-state index in [1.165, 1.54) is 16.7 Å². The number of carbonyl (C=O) groups excluding carboxylic acids is 3. The second kappa shape index (κ2) is 11.8. The quantitative estimate of drug-likeness (QED) is 0.337. The summed E-state index contributed by atoms with van der Waals surface area (Å²) < 4.78 is 5.10. The van der Waals surface area contributed by atoms with E-state index < -0.39 is 0 Å². The van der Waals surface area contributed by atoms with Crippen molar-refractivity contribution in [3.63, 3.8) is 0 Å². The van der Waals surface area contributed by atoms with Crippen molar-refractivity contribution in [1.29, 1.82) is 0 Å². The number of rotatable bonds is 10. The third kappa shape index (κ3) is 5.99. The van der Waals surface area contributed by atoms with Crippen LogP contribution in [0.1, 0.15) is 43.2 Å². The maximum absolute atomic E-state index is 13.3. The first-order valence-corrected chi connectivity index (χ1v) is 13.2. The molecule has 0 bridgehead atoms. The normalized spacial score (nSPS) is 16.2. The van der Waals surface area contributed by atoms with Crippen molar-refractivity contribution in [2.45, 2.75) is 50.8 Å². The minimum absolute atomic E-state index is 0.0439. The molecule has 4 rings (SSSR count). The number of carbonyl (C=O) groups is 3. The lowest BCUT2D eigenvalue weighted by Crippen LogP contribution is -2.33. The Morgan fingerprint density at radius 1 is 1.03 bits per heavy atom. The van der Waals surface area contributed by atoms with Crippen molar-refractivity contribution < 1.29 is 19.1 Å². The molecule has 3 amide bonds. The smallest absolute Gasteiger partial charge is 0.278 e. The van der Waals surface area contributed by atoms with Gasteiger partial charge in [0.2, 0.25) is 5.91 Å². The molecule has 0 spiro atoms. The molecule has 1 saturated carbocycles. The zero-order valence-corrected chi connectivity index (χ0v) is 21.9. The van der Waals surface area contributed by atoms with E-state index in [1.54, 1.807) is 7.11 Å². The Bertz CT molecular complexity index is 1190. The highest BCUT2D eigenvalue weighted by molar-refractivity contribution is 8.04. The molecule has 1 fully saturated rings. The predicted octanol–water partition coefficient (Wildman–Crippen LogP) is 5.25. The number of nitrogens with one attached hydrogen (secondary N) is 2. The van der Waals surface area contributed by atoms with Crippen LogP contribution in [0, 0.1) is 19.8 Å². The largest absolute Gasteiger partial charge is 0.385 e. The van der Waals surface area contributed by atoms with Gasteiger partial charge in [-0.1, -0.05) is 36.7 Å². The molecule has 1 aliphatic heterocycles. The Morgan fingerprint density at radius 2 is 1.81 bits per heavy atom. The molecule has 1 heterocycles. The molecule has 2 aromatic carbocycles. The number of aryl methyl sites for hydroxylation is 2. The first-order valence-electron chi connectivity index (χ1n) is 12.4. The van der Waals surface area contributed by atoms with E-state index in [0.29, 0.717) is 23.6 Å². The Balaban J connectivity index is 1.58. The lowest BCUT2D eigenvalue weighted by Gasteiger charge is -2.15. The van der Waals surface area contributed by atoms with Crippen LogP contribution in [-0.2, 0) is 19.1 Å². The van der Waals surface area contributed by atoms with Crippen LogP contribution < -0.4 is 10.6 Å². The molecule has 0 unspecified atom stereocenters. The summed E-state index contributed by atoms with van der Waals surface area (Å²) in [5, 5.41) is 6.22. The van der Waals surface area contributed by atoms with Crippen molar-refractivity contribution in [2.24, 2.45) is 5.92 Å². The zero-order chi connectivity index (χ0) is 25.7. The first kappa shape index (κ1) is 26.0. The van der Waals surface area contributed by atoms with Crippen molar-refractivity contribution in [3.8, 4) is 0 Å². The molecular weight excluding hydrogens is 474 g/mol. The average molecular weight is 508 g/mol. The number of hydrogen-bond acceptors (Lipinski definition) is 6. The Labute approximate surface area is 216 Å². The Kier molecular flexibility index (Phi) is 8.48. The van der Waals surface area contributed by atoms with E-state index in [1.807, 2.05) is 56.3 Å². The molecule has 8 heteroatoms. The number of imide groups is 1. The van der Waals surface area contributed by atoms with Gasteiger partial charge in [-0.25, -0.2) is 0 Å². The van der Waals surface area contributed by atoms with Crippen LogP contribution in [-0.4, -0.2) is 42.9 Å². The summed E-state index contributed by atoms with van der Waals surface area (Å²) in [6, 6.07) is 13.3. The Morgan fingerprint density at radius 3 is 2.53 bits per heavy atom. The highest BCUT2D eigenvalue weighted by Crippen LogP contribution is 2.37. The van der Waals surface area contributed by atoms with E-state index in [0.717, 1.165) is 47.4 Å². The van der Waals surface area contributed by atoms with Gasteiger partial charge in [-0.15, -0.1) is 0 Å². The van der Waals surface area contributed by atoms with Gasteiger partial charge in [0.25, 0.3) is 11.8 Å². The van der Waals surface area contributed by atoms with Gasteiger partial charge in [0.15, 0.2) is 0 Å². The Hall–Kier alpha value is -3.10. The van der Waals surface area contributed by atoms with Gasteiger partial charge in [-0.05, 0) is 74.6 Å². The first-order chi connectivity index (χ1) is 17.4. The summed E-state index contributed by atoms with van der Waals surface area (Å²) in [5.74, 6) is -0.565. The van der Waals surface area contributed by atoms with Crippen molar-refractivity contribution >= 4 is 40.9 Å². The molecule has 2 aromatic rings. The second-order valence-electron chi connectivity index (χ2n) is 9.34. The monoisotopic (exact) mass is 507 g/mol. The van der Waals surface area contributed by atoms with Crippen LogP contribution in [0.25, 0.3) is 0 Å². The molecule has 0 atom stereocenters. The van der Waals surface area contributed by atoms with E-state index in [-0.39, 0.29) is 35.9 Å². The van der Waals surface area contributed by atoms with Crippen LogP contribution in [0.4, 0.5) is 11.4 Å². The summed E-state index contributed by atoms with van der Waals surface area (Å²) >= 11 is 1.24. The summed E-state index contributed by atoms with van der Waals surface area (Å²) in [6.07, 6.45) is 4.60. The van der Waals surface area contributed by atoms with Gasteiger partial charge in [0.05, 0.1) is 0 Å². The van der Waals surface area contributed by atoms with Crippen LogP contribution in [0.2, 0.25) is 0 Å². The average Bonchev–Trinajstić information content (AvgIpc) is 3.47. The van der Waals surface area contributed by atoms with E-state index in [4.69, 9.17) is 4.74 Å². The molecule has 2 aliphatic rings. The zero-order valence-electron chi connectivity index (χ0n) is 21.1. The number of benzene rings is 2. The number of amides is 3. The lowest BCUT2D eigenvalue weighted by atomic mass is 10.1. The van der Waals surface area contributed by atoms with Gasteiger partial charge >= 0.3 is 0 Å². The van der Waals surface area contributed by atoms with Crippen molar-refractivity contribution in [1.82, 2.24) is 4.90 Å². The van der Waals surface area contributed by atoms with Crippen molar-refractivity contribution in [3.05, 3.63) is 64.2 Å². The van der Waals surface area contributed by atoms with Crippen LogP contribution in [0.15, 0.2) is 58.0 Å². The van der Waals surface area contributed by atoms with E-state index >= 15 is 0 Å². The number of ether oxygens (including phenoxy) is 1. The fourth-order valence-electron chi connectivity index (χ4n) is 4.48. The summed E-state index contributed by atoms with van der Waals surface area (Å²) in [6.45, 7) is 4.78. The molecular formula is C28H33N3O4S. The molecule has 0 saturated heterocycles. The topological polar surface area (TPSA) is 87.7 Å². The number of nitrogens with zero attached hydrogens (tertiary/aromatic N) is 1. The van der Waals surface area contributed by atoms with E-state index in [9.17, 15) is 14.4 Å². The highest BCUT2D eigenvalue weighted by atomic mass is 32.2. The van der Waals surface area contributed by atoms with Gasteiger partial charge in [0, 0.05) is 42.4 Å². The summed E-state index contributed by atoms with van der Waals surface area (Å²) in [5.41, 5.74) is 3.95. The van der Waals surface area contributed by atoms with Gasteiger partial charge in [-0.3, -0.25) is 19.3 Å². The minimum Gasteiger partial charge on any atom is -0.385 e. The van der Waals surface area contributed by atoms with Gasteiger partial charge in [-0.2, -0.15) is 0 Å². The SMILES string of the molecule is COCCCN1C(=O)C(Nc2ccc(C)c(C)c2)=C(Sc2cccc(NC(=O)C3CCCC3)c2)C1=O. The molecule has 7 nitrogen and oxygen atoms in total. The maximum atomic E-state index is 13.3. The summed E-state index contributed by atoms with van der Waals surface area (Å²) in [7, 11) is 1.60. The van der Waals surface area contributed by atoms with Crippen LogP contribution in [0.5, 0.6) is 0 Å². The molecule has 2 N–H and O–H groups in total. The number of anilines is 2. The molecule has 0 radical (unpaired) electrons. The minimum atomic E-state index is -0.345. The molecule has 0 aromatic heterocycles. The van der Waals surface area contributed by atoms with Gasteiger partial charge < -0.3 is 15.4 Å². The number of hydrogen-bond donors (Lipinski definition) is 2. The van der Waals surface area contributed by atoms with Gasteiger partial charge in [0.1, 0.15) is 10.6 Å². The third-order valence-corrected chi connectivity index (χ3v) is 7.75. The number of thioether (sulfide) groups is 1. The summed E-state index contributed by atoms with van der Waals surface area (Å²) in [4.78, 5) is 41.6. The third-order valence-electron chi connectivity index (χ3n) is 6.68. The molecule has 190 valence electrons. The highest BCUT2D eigenvalue weighted by Gasteiger charge is 2.39. The lowest BCUT2D eigenvalue weighted by molar-refractivity contribution is -0.137. The fraction of sp³-hybridized carbons (Fsp3) is 0.393. The molecule has 36 heavy (non-hydrogen) atoms. The van der Waals surface area contributed by atoms with E-state index in [2.05, 4.69) is 10.6 Å². The molecule has 1 aliphatic carbocycles. The maximum Gasteiger partial charge on any atom is 0.278 e. The second-order valence-corrected chi connectivity index (χ2v) is 10.4. The fourth-order valence-corrected chi connectivity index (χ4v) is 5.49. The standard InChI is InChI=1S/C28H33N3O4S/c1-18-12-13-22(16-19(18)2)29-24-25(28(34)31(27(24)33)14-7-15-35-3)36-23-11-6-10-21(17-23)30-26(32)20-8-4-5-9-20/h6,10-13,16-17,20,29H,4-5,7-9,14-15H2,1-3H3,(H,30,32). The number of methoxy groups -OCH3 is 1.